The Morgan fingerprint density at radius 2 is 2.00 bits per heavy atom. The SMILES string of the molecule is Cc1ccc(CN2CC3CNCC3C2(C)C)cc1C. The van der Waals surface area contributed by atoms with E-state index in [9.17, 15) is 0 Å². The van der Waals surface area contributed by atoms with Crippen LogP contribution in [0.15, 0.2) is 18.2 Å². The standard InChI is InChI=1S/C17H26N2/c1-12-5-6-14(7-13(12)2)10-19-11-15-8-18-9-16(15)17(19,3)4/h5-7,15-16,18H,8-11H2,1-4H3. The summed E-state index contributed by atoms with van der Waals surface area (Å²) in [5.74, 6) is 1.67. The van der Waals surface area contributed by atoms with Gasteiger partial charge in [-0.25, -0.2) is 0 Å². The Kier molecular flexibility index (Phi) is 3.18. The minimum absolute atomic E-state index is 0.326. The molecule has 3 rings (SSSR count). The smallest absolute Gasteiger partial charge is 0.0239 e. The molecule has 104 valence electrons. The molecule has 2 aliphatic heterocycles. The van der Waals surface area contributed by atoms with Crippen molar-refractivity contribution >= 4 is 0 Å². The number of nitrogens with one attached hydrogen (secondary N) is 1. The highest BCUT2D eigenvalue weighted by molar-refractivity contribution is 5.30. The Labute approximate surface area is 117 Å². The van der Waals surface area contributed by atoms with Crippen molar-refractivity contribution < 1.29 is 0 Å². The quantitative estimate of drug-likeness (QED) is 0.877. The van der Waals surface area contributed by atoms with Crippen LogP contribution >= 0.6 is 0 Å². The van der Waals surface area contributed by atoms with Gasteiger partial charge in [0.15, 0.2) is 0 Å². The highest BCUT2D eigenvalue weighted by Gasteiger charge is 2.49. The number of nitrogens with zero attached hydrogens (tertiary/aromatic N) is 1. The fraction of sp³-hybridized carbons (Fsp3) is 0.647. The number of hydrogen-bond donors (Lipinski definition) is 1. The van der Waals surface area contributed by atoms with Crippen LogP contribution in [-0.4, -0.2) is 30.1 Å². The van der Waals surface area contributed by atoms with Crippen LogP contribution in [0.4, 0.5) is 0 Å². The molecular weight excluding hydrogens is 232 g/mol. The molecule has 2 saturated heterocycles. The maximum atomic E-state index is 3.55. The van der Waals surface area contributed by atoms with E-state index in [-0.39, 0.29) is 0 Å². The van der Waals surface area contributed by atoms with Gasteiger partial charge in [-0.3, -0.25) is 4.90 Å². The normalized spacial score (nSPS) is 29.7. The predicted molar refractivity (Wildman–Crippen MR) is 80.3 cm³/mol. The van der Waals surface area contributed by atoms with Crippen molar-refractivity contribution in [1.82, 2.24) is 10.2 Å². The summed E-state index contributed by atoms with van der Waals surface area (Å²) in [5, 5.41) is 3.55. The molecule has 2 heteroatoms. The summed E-state index contributed by atoms with van der Waals surface area (Å²) in [4.78, 5) is 2.69. The molecule has 2 nitrogen and oxygen atoms in total. The second kappa shape index (κ2) is 4.60. The van der Waals surface area contributed by atoms with Gasteiger partial charge in [0.1, 0.15) is 0 Å². The molecule has 1 N–H and O–H groups in total. The van der Waals surface area contributed by atoms with Crippen LogP contribution in [0.5, 0.6) is 0 Å². The third-order valence-corrected chi connectivity index (χ3v) is 5.46. The molecule has 2 fully saturated rings. The number of fused-ring (bicyclic) bond motifs is 1. The molecule has 0 radical (unpaired) electrons. The van der Waals surface area contributed by atoms with Crippen molar-refractivity contribution in [3.05, 3.63) is 34.9 Å². The third kappa shape index (κ3) is 2.21. The minimum Gasteiger partial charge on any atom is -0.316 e. The number of hydrogen-bond acceptors (Lipinski definition) is 2. The molecule has 2 atom stereocenters. The molecule has 19 heavy (non-hydrogen) atoms. The van der Waals surface area contributed by atoms with Crippen molar-refractivity contribution in [3.63, 3.8) is 0 Å². The lowest BCUT2D eigenvalue weighted by Crippen LogP contribution is -2.43. The first-order valence-corrected chi connectivity index (χ1v) is 7.50. The Hall–Kier alpha value is -0.860. The molecule has 2 aliphatic rings. The van der Waals surface area contributed by atoms with Gasteiger partial charge in [-0.2, -0.15) is 0 Å². The van der Waals surface area contributed by atoms with Crippen molar-refractivity contribution in [1.29, 1.82) is 0 Å². The molecule has 0 aliphatic carbocycles. The summed E-state index contributed by atoms with van der Waals surface area (Å²) >= 11 is 0. The lowest BCUT2D eigenvalue weighted by Gasteiger charge is -2.35. The summed E-state index contributed by atoms with van der Waals surface area (Å²) in [6.45, 7) is 14.0. The number of rotatable bonds is 2. The number of likely N-dealkylation sites (tertiary alicyclic amines) is 1. The van der Waals surface area contributed by atoms with Gasteiger partial charge >= 0.3 is 0 Å². The van der Waals surface area contributed by atoms with Gasteiger partial charge in [0.2, 0.25) is 0 Å². The maximum Gasteiger partial charge on any atom is 0.0239 e. The Balaban J connectivity index is 1.78. The first-order valence-electron chi connectivity index (χ1n) is 7.50. The first-order chi connectivity index (χ1) is 8.98. The minimum atomic E-state index is 0.326. The molecule has 0 aromatic heterocycles. The molecule has 1 aromatic rings. The van der Waals surface area contributed by atoms with Gasteiger partial charge in [0.05, 0.1) is 0 Å². The van der Waals surface area contributed by atoms with Crippen molar-refractivity contribution in [2.75, 3.05) is 19.6 Å². The summed E-state index contributed by atoms with van der Waals surface area (Å²) in [7, 11) is 0. The third-order valence-electron chi connectivity index (χ3n) is 5.46. The van der Waals surface area contributed by atoms with Crippen LogP contribution < -0.4 is 5.32 Å². The number of benzene rings is 1. The van der Waals surface area contributed by atoms with Gasteiger partial charge in [0, 0.05) is 25.2 Å². The Bertz CT molecular complexity index is 478. The lowest BCUT2D eigenvalue weighted by molar-refractivity contribution is 0.132. The van der Waals surface area contributed by atoms with E-state index in [0.29, 0.717) is 5.54 Å². The molecule has 0 saturated carbocycles. The van der Waals surface area contributed by atoms with Crippen molar-refractivity contribution in [2.24, 2.45) is 11.8 Å². The van der Waals surface area contributed by atoms with E-state index < -0.39 is 0 Å². The van der Waals surface area contributed by atoms with E-state index in [4.69, 9.17) is 0 Å². The second-order valence-corrected chi connectivity index (χ2v) is 6.98. The lowest BCUT2D eigenvalue weighted by atomic mass is 9.85. The van der Waals surface area contributed by atoms with Gasteiger partial charge in [0.25, 0.3) is 0 Å². The Morgan fingerprint density at radius 3 is 2.68 bits per heavy atom. The van der Waals surface area contributed by atoms with Crippen LogP contribution in [0.1, 0.15) is 30.5 Å². The summed E-state index contributed by atoms with van der Waals surface area (Å²) < 4.78 is 0. The van der Waals surface area contributed by atoms with E-state index >= 15 is 0 Å². The number of aryl methyl sites for hydroxylation is 2. The van der Waals surface area contributed by atoms with Crippen LogP contribution in [0.25, 0.3) is 0 Å². The maximum absolute atomic E-state index is 3.55. The van der Waals surface area contributed by atoms with Crippen LogP contribution in [0.3, 0.4) is 0 Å². The summed E-state index contributed by atoms with van der Waals surface area (Å²) in [6, 6.07) is 6.92. The van der Waals surface area contributed by atoms with Gasteiger partial charge < -0.3 is 5.32 Å². The second-order valence-electron chi connectivity index (χ2n) is 6.98. The molecule has 0 spiro atoms. The zero-order chi connectivity index (χ0) is 13.6. The summed E-state index contributed by atoms with van der Waals surface area (Å²) in [6.07, 6.45) is 0. The molecule has 0 amide bonds. The zero-order valence-electron chi connectivity index (χ0n) is 12.7. The van der Waals surface area contributed by atoms with Crippen molar-refractivity contribution in [2.45, 2.75) is 39.8 Å². The first kappa shape index (κ1) is 13.1. The average Bonchev–Trinajstić information content (AvgIpc) is 2.89. The highest BCUT2D eigenvalue weighted by Crippen LogP contribution is 2.41. The fourth-order valence-corrected chi connectivity index (χ4v) is 3.89. The van der Waals surface area contributed by atoms with Gasteiger partial charge in [-0.15, -0.1) is 0 Å². The average molecular weight is 258 g/mol. The van der Waals surface area contributed by atoms with Crippen LogP contribution in [0, 0.1) is 25.7 Å². The van der Waals surface area contributed by atoms with E-state index in [2.05, 4.69) is 56.1 Å². The van der Waals surface area contributed by atoms with Gasteiger partial charge in [-0.1, -0.05) is 18.2 Å². The highest BCUT2D eigenvalue weighted by atomic mass is 15.2. The molecular formula is C17H26N2. The topological polar surface area (TPSA) is 15.3 Å². The largest absolute Gasteiger partial charge is 0.316 e. The predicted octanol–water partition coefficient (Wildman–Crippen LogP) is 2.73. The monoisotopic (exact) mass is 258 g/mol. The van der Waals surface area contributed by atoms with Crippen LogP contribution in [0.2, 0.25) is 0 Å². The van der Waals surface area contributed by atoms with E-state index in [1.54, 1.807) is 0 Å². The Morgan fingerprint density at radius 1 is 1.21 bits per heavy atom. The zero-order valence-corrected chi connectivity index (χ0v) is 12.7. The molecule has 2 heterocycles. The molecule has 0 bridgehead atoms. The van der Waals surface area contributed by atoms with E-state index in [0.717, 1.165) is 18.4 Å². The summed E-state index contributed by atoms with van der Waals surface area (Å²) in [5.41, 5.74) is 4.60. The fourth-order valence-electron chi connectivity index (χ4n) is 3.89. The van der Waals surface area contributed by atoms with Crippen LogP contribution in [-0.2, 0) is 6.54 Å². The van der Waals surface area contributed by atoms with Gasteiger partial charge in [-0.05, 0) is 62.8 Å². The molecule has 2 unspecified atom stereocenters. The molecule has 1 aromatic carbocycles. The van der Waals surface area contributed by atoms with E-state index in [1.807, 2.05) is 0 Å². The van der Waals surface area contributed by atoms with Crippen molar-refractivity contribution in [3.8, 4) is 0 Å². The van der Waals surface area contributed by atoms with E-state index in [1.165, 1.54) is 36.3 Å².